The number of nitrogens with zero attached hydrogens (tertiary/aromatic N) is 5. The van der Waals surface area contributed by atoms with Crippen LogP contribution in [-0.2, 0) is 0 Å². The maximum Gasteiger partial charge on any atom is 0.280 e. The van der Waals surface area contributed by atoms with E-state index in [0.29, 0.717) is 23.5 Å². The Morgan fingerprint density at radius 2 is 1.95 bits per heavy atom. The van der Waals surface area contributed by atoms with Crippen LogP contribution in [0.15, 0.2) is 41.1 Å². The van der Waals surface area contributed by atoms with Crippen LogP contribution in [-0.4, -0.2) is 38.2 Å². The molecule has 7 heteroatoms. The highest BCUT2D eigenvalue weighted by Gasteiger charge is 2.19. The summed E-state index contributed by atoms with van der Waals surface area (Å²) in [6, 6.07) is 10.1. The number of hydrogen-bond donors (Lipinski definition) is 1. The minimum absolute atomic E-state index is 0.388. The van der Waals surface area contributed by atoms with E-state index in [4.69, 9.17) is 4.52 Å². The van der Waals surface area contributed by atoms with Crippen molar-refractivity contribution in [3.8, 4) is 23.0 Å². The van der Waals surface area contributed by atoms with Crippen LogP contribution in [0.4, 0.5) is 0 Å². The van der Waals surface area contributed by atoms with Crippen LogP contribution in [0.1, 0.15) is 18.9 Å². The summed E-state index contributed by atoms with van der Waals surface area (Å²) in [5, 5.41) is 15.7. The molecule has 2 aromatic heterocycles. The van der Waals surface area contributed by atoms with Gasteiger partial charge >= 0.3 is 0 Å². The van der Waals surface area contributed by atoms with Crippen LogP contribution in [0.3, 0.4) is 0 Å². The second-order valence-electron chi connectivity index (χ2n) is 5.35. The summed E-state index contributed by atoms with van der Waals surface area (Å²) in [5.74, 6) is 0.964. The first kappa shape index (κ1) is 13.1. The van der Waals surface area contributed by atoms with Crippen molar-refractivity contribution in [2.24, 2.45) is 0 Å². The van der Waals surface area contributed by atoms with Gasteiger partial charge in [-0.1, -0.05) is 40.7 Å². The number of benzene rings is 1. The molecule has 1 aliphatic heterocycles. The minimum Gasteiger partial charge on any atom is -0.332 e. The van der Waals surface area contributed by atoms with Crippen LogP contribution in [0.25, 0.3) is 23.0 Å². The molecule has 0 atom stereocenters. The second kappa shape index (κ2) is 5.69. The van der Waals surface area contributed by atoms with Gasteiger partial charge in [0.1, 0.15) is 0 Å². The lowest BCUT2D eigenvalue weighted by Gasteiger charge is -2.21. The Bertz CT molecular complexity index is 744. The van der Waals surface area contributed by atoms with Crippen LogP contribution in [0.5, 0.6) is 0 Å². The molecule has 1 fully saturated rings. The molecule has 1 aliphatic rings. The number of aromatic nitrogens is 5. The lowest BCUT2D eigenvalue weighted by molar-refractivity contribution is 0.337. The first-order valence-corrected chi connectivity index (χ1v) is 7.42. The average molecular weight is 296 g/mol. The van der Waals surface area contributed by atoms with Crippen LogP contribution < -0.4 is 5.32 Å². The van der Waals surface area contributed by atoms with Crippen molar-refractivity contribution in [3.05, 3.63) is 36.5 Å². The summed E-state index contributed by atoms with van der Waals surface area (Å²) >= 11 is 0. The molecule has 7 nitrogen and oxygen atoms in total. The molecule has 4 rings (SSSR count). The van der Waals surface area contributed by atoms with Gasteiger partial charge in [-0.05, 0) is 25.9 Å². The van der Waals surface area contributed by atoms with E-state index < -0.39 is 0 Å². The van der Waals surface area contributed by atoms with Gasteiger partial charge in [0.25, 0.3) is 5.89 Å². The second-order valence-corrected chi connectivity index (χ2v) is 5.35. The third-order valence-electron chi connectivity index (χ3n) is 3.87. The van der Waals surface area contributed by atoms with Crippen molar-refractivity contribution >= 4 is 0 Å². The molecule has 0 unspecified atom stereocenters. The van der Waals surface area contributed by atoms with Gasteiger partial charge in [-0.15, -0.1) is 5.10 Å². The fourth-order valence-electron chi connectivity index (χ4n) is 2.66. The van der Waals surface area contributed by atoms with E-state index in [1.807, 2.05) is 41.2 Å². The van der Waals surface area contributed by atoms with E-state index in [-0.39, 0.29) is 0 Å². The predicted octanol–water partition coefficient (Wildman–Crippen LogP) is 1.92. The fraction of sp³-hybridized carbons (Fsp3) is 0.333. The zero-order chi connectivity index (χ0) is 14.8. The lowest BCUT2D eigenvalue weighted by atomic mass is 10.1. The summed E-state index contributed by atoms with van der Waals surface area (Å²) in [4.78, 5) is 4.40. The van der Waals surface area contributed by atoms with Crippen LogP contribution >= 0.6 is 0 Å². The molecule has 3 heterocycles. The number of rotatable bonds is 3. The molecular formula is C15H16N6O. The molecule has 112 valence electrons. The maximum absolute atomic E-state index is 5.32. The molecule has 3 aromatic rings. The quantitative estimate of drug-likeness (QED) is 0.795. The molecule has 1 N–H and O–H groups in total. The Hall–Kier alpha value is -2.54. The van der Waals surface area contributed by atoms with Gasteiger partial charge < -0.3 is 9.84 Å². The highest BCUT2D eigenvalue weighted by Crippen LogP contribution is 2.23. The van der Waals surface area contributed by atoms with Gasteiger partial charge in [0, 0.05) is 5.56 Å². The Labute approximate surface area is 127 Å². The Morgan fingerprint density at radius 1 is 1.14 bits per heavy atom. The molecule has 0 bridgehead atoms. The largest absolute Gasteiger partial charge is 0.332 e. The summed E-state index contributed by atoms with van der Waals surface area (Å²) in [5.41, 5.74) is 1.54. The first-order chi connectivity index (χ1) is 10.9. The normalized spacial score (nSPS) is 16.0. The van der Waals surface area contributed by atoms with E-state index >= 15 is 0 Å². The summed E-state index contributed by atoms with van der Waals surface area (Å²) in [6.45, 7) is 2.02. The Balaban J connectivity index is 1.58. The molecular weight excluding hydrogens is 280 g/mol. The van der Waals surface area contributed by atoms with Gasteiger partial charge in [-0.3, -0.25) is 0 Å². The highest BCUT2D eigenvalue weighted by atomic mass is 16.5. The van der Waals surface area contributed by atoms with E-state index in [9.17, 15) is 0 Å². The minimum atomic E-state index is 0.388. The van der Waals surface area contributed by atoms with Crippen molar-refractivity contribution < 1.29 is 4.52 Å². The van der Waals surface area contributed by atoms with Crippen molar-refractivity contribution in [2.45, 2.75) is 18.9 Å². The van der Waals surface area contributed by atoms with Gasteiger partial charge in [0.2, 0.25) is 5.82 Å². The van der Waals surface area contributed by atoms with E-state index in [1.54, 1.807) is 0 Å². The zero-order valence-electron chi connectivity index (χ0n) is 12.0. The highest BCUT2D eigenvalue weighted by molar-refractivity contribution is 5.57. The Morgan fingerprint density at radius 3 is 2.77 bits per heavy atom. The molecule has 0 spiro atoms. The zero-order valence-corrected chi connectivity index (χ0v) is 12.0. The SMILES string of the molecule is c1ccc(-c2noc(-c3cn(C4CCNCC4)nn3)n2)cc1. The molecule has 1 aromatic carbocycles. The van der Waals surface area contributed by atoms with E-state index in [0.717, 1.165) is 31.5 Å². The number of piperidine rings is 1. The standard InChI is InChI=1S/C15H16N6O/c1-2-4-11(5-3-1)14-17-15(22-19-14)13-10-21(20-18-13)12-6-8-16-9-7-12/h1-5,10,12,16H,6-9H2. The lowest BCUT2D eigenvalue weighted by Crippen LogP contribution is -2.29. The molecule has 0 saturated carbocycles. The van der Waals surface area contributed by atoms with Gasteiger partial charge in [-0.2, -0.15) is 4.98 Å². The summed E-state index contributed by atoms with van der Waals surface area (Å²) in [6.07, 6.45) is 4.00. The van der Waals surface area contributed by atoms with Crippen LogP contribution in [0, 0.1) is 0 Å². The van der Waals surface area contributed by atoms with Crippen molar-refractivity contribution in [3.63, 3.8) is 0 Å². The van der Waals surface area contributed by atoms with Crippen molar-refractivity contribution in [1.82, 2.24) is 30.5 Å². The summed E-state index contributed by atoms with van der Waals surface area (Å²) in [7, 11) is 0. The van der Waals surface area contributed by atoms with Crippen LogP contribution in [0.2, 0.25) is 0 Å². The molecule has 0 radical (unpaired) electrons. The number of hydrogen-bond acceptors (Lipinski definition) is 6. The maximum atomic E-state index is 5.32. The predicted molar refractivity (Wildman–Crippen MR) is 79.9 cm³/mol. The third kappa shape index (κ3) is 2.50. The molecule has 0 amide bonds. The first-order valence-electron chi connectivity index (χ1n) is 7.42. The molecule has 0 aliphatic carbocycles. The fourth-order valence-corrected chi connectivity index (χ4v) is 2.66. The number of nitrogens with one attached hydrogen (secondary N) is 1. The summed E-state index contributed by atoms with van der Waals surface area (Å²) < 4.78 is 7.22. The van der Waals surface area contributed by atoms with Gasteiger partial charge in [0.05, 0.1) is 12.2 Å². The van der Waals surface area contributed by atoms with Gasteiger partial charge in [0.15, 0.2) is 5.69 Å². The molecule has 22 heavy (non-hydrogen) atoms. The van der Waals surface area contributed by atoms with Crippen molar-refractivity contribution in [2.75, 3.05) is 13.1 Å². The monoisotopic (exact) mass is 296 g/mol. The van der Waals surface area contributed by atoms with E-state index in [2.05, 4.69) is 25.8 Å². The third-order valence-corrected chi connectivity index (χ3v) is 3.87. The van der Waals surface area contributed by atoms with E-state index in [1.165, 1.54) is 0 Å². The average Bonchev–Trinajstić information content (AvgIpc) is 3.26. The smallest absolute Gasteiger partial charge is 0.280 e. The Kier molecular flexibility index (Phi) is 3.40. The topological polar surface area (TPSA) is 81.7 Å². The molecule has 1 saturated heterocycles. The van der Waals surface area contributed by atoms with Crippen molar-refractivity contribution in [1.29, 1.82) is 0 Å². The van der Waals surface area contributed by atoms with Gasteiger partial charge in [-0.25, -0.2) is 4.68 Å².